The lowest BCUT2D eigenvalue weighted by Gasteiger charge is -2.15. The van der Waals surface area contributed by atoms with E-state index in [2.05, 4.69) is 37.1 Å². The molecule has 0 spiro atoms. The van der Waals surface area contributed by atoms with E-state index in [-0.39, 0.29) is 0 Å². The summed E-state index contributed by atoms with van der Waals surface area (Å²) in [4.78, 5) is 2.13. The lowest BCUT2D eigenvalue weighted by molar-refractivity contribution is 0.282. The van der Waals surface area contributed by atoms with Crippen molar-refractivity contribution in [2.45, 2.75) is 13.1 Å². The highest BCUT2D eigenvalue weighted by atomic mass is 79.9. The number of nitrogens with zero attached hydrogens (tertiary/aromatic N) is 3. The van der Waals surface area contributed by atoms with Crippen LogP contribution in [0, 0.1) is 0 Å². The zero-order valence-electron chi connectivity index (χ0n) is 13.6. The maximum absolute atomic E-state index is 5.77. The second kappa shape index (κ2) is 7.59. The molecular weight excluding hydrogens is 370 g/mol. The minimum absolute atomic E-state index is 0.516. The summed E-state index contributed by atoms with van der Waals surface area (Å²) in [6, 6.07) is 15.7. The van der Waals surface area contributed by atoms with E-state index in [1.165, 1.54) is 5.56 Å². The van der Waals surface area contributed by atoms with Crippen LogP contribution in [0.15, 0.2) is 57.4 Å². The zero-order chi connectivity index (χ0) is 16.9. The monoisotopic (exact) mass is 387 g/mol. The molecule has 3 rings (SSSR count). The topological polar surface area (TPSA) is 51.4 Å². The third-order valence-electron chi connectivity index (χ3n) is 3.61. The summed E-state index contributed by atoms with van der Waals surface area (Å²) in [5.74, 6) is 1.91. The van der Waals surface area contributed by atoms with Gasteiger partial charge in [0, 0.05) is 16.6 Å². The molecule has 0 N–H and O–H groups in total. The fourth-order valence-corrected chi connectivity index (χ4v) is 2.78. The summed E-state index contributed by atoms with van der Waals surface area (Å²) >= 11 is 3.57. The van der Waals surface area contributed by atoms with Crippen LogP contribution in [0.4, 0.5) is 0 Å². The van der Waals surface area contributed by atoms with E-state index >= 15 is 0 Å². The van der Waals surface area contributed by atoms with Gasteiger partial charge < -0.3 is 9.15 Å². The molecule has 124 valence electrons. The third-order valence-corrected chi connectivity index (χ3v) is 4.38. The van der Waals surface area contributed by atoms with Gasteiger partial charge in [0.15, 0.2) is 0 Å². The molecule has 0 saturated carbocycles. The van der Waals surface area contributed by atoms with Gasteiger partial charge in [-0.05, 0) is 42.9 Å². The van der Waals surface area contributed by atoms with E-state index < -0.39 is 0 Å². The maximum Gasteiger partial charge on any atom is 0.247 e. The highest BCUT2D eigenvalue weighted by Crippen LogP contribution is 2.22. The van der Waals surface area contributed by atoms with Gasteiger partial charge in [0.1, 0.15) is 5.75 Å². The molecule has 0 atom stereocenters. The van der Waals surface area contributed by atoms with Crippen molar-refractivity contribution >= 4 is 15.9 Å². The maximum atomic E-state index is 5.77. The van der Waals surface area contributed by atoms with Gasteiger partial charge in [0.2, 0.25) is 11.8 Å². The van der Waals surface area contributed by atoms with Gasteiger partial charge in [-0.2, -0.15) is 0 Å². The molecule has 0 fully saturated rings. The minimum atomic E-state index is 0.516. The molecule has 24 heavy (non-hydrogen) atoms. The van der Waals surface area contributed by atoms with Crippen molar-refractivity contribution in [3.8, 4) is 17.2 Å². The van der Waals surface area contributed by atoms with Crippen LogP contribution in [-0.4, -0.2) is 29.3 Å². The van der Waals surface area contributed by atoms with E-state index in [1.54, 1.807) is 7.11 Å². The van der Waals surface area contributed by atoms with Crippen LogP contribution < -0.4 is 4.74 Å². The SMILES string of the molecule is COc1ccc(-c2nnc(CN(C)Cc3ccccc3Br)o2)cc1. The van der Waals surface area contributed by atoms with Gasteiger partial charge in [-0.25, -0.2) is 0 Å². The third kappa shape index (κ3) is 4.01. The van der Waals surface area contributed by atoms with E-state index in [1.807, 2.05) is 49.5 Å². The molecule has 0 radical (unpaired) electrons. The summed E-state index contributed by atoms with van der Waals surface area (Å²) in [6.45, 7) is 1.38. The van der Waals surface area contributed by atoms with Gasteiger partial charge in [-0.3, -0.25) is 4.90 Å². The van der Waals surface area contributed by atoms with E-state index in [0.717, 1.165) is 22.3 Å². The molecule has 1 heterocycles. The van der Waals surface area contributed by atoms with Gasteiger partial charge in [0.05, 0.1) is 13.7 Å². The molecule has 3 aromatic rings. The average Bonchev–Trinajstić information content (AvgIpc) is 3.05. The van der Waals surface area contributed by atoms with Crippen molar-refractivity contribution in [2.24, 2.45) is 0 Å². The quantitative estimate of drug-likeness (QED) is 0.635. The first-order chi connectivity index (χ1) is 11.7. The summed E-state index contributed by atoms with van der Waals surface area (Å²) in [5, 5.41) is 8.26. The lowest BCUT2D eigenvalue weighted by atomic mass is 10.2. The molecular formula is C18H18BrN3O2. The molecule has 0 aliphatic rings. The van der Waals surface area contributed by atoms with Crippen molar-refractivity contribution in [2.75, 3.05) is 14.2 Å². The largest absolute Gasteiger partial charge is 0.497 e. The normalized spacial score (nSPS) is 11.0. The number of methoxy groups -OCH3 is 1. The van der Waals surface area contributed by atoms with Gasteiger partial charge in [0.25, 0.3) is 0 Å². The van der Waals surface area contributed by atoms with Crippen LogP contribution in [0.5, 0.6) is 5.75 Å². The predicted octanol–water partition coefficient (Wildman–Crippen LogP) is 4.14. The molecule has 0 saturated heterocycles. The molecule has 2 aromatic carbocycles. The van der Waals surface area contributed by atoms with Gasteiger partial charge in [-0.15, -0.1) is 10.2 Å². The molecule has 0 unspecified atom stereocenters. The average molecular weight is 388 g/mol. The minimum Gasteiger partial charge on any atom is -0.497 e. The highest BCUT2D eigenvalue weighted by molar-refractivity contribution is 9.10. The number of ether oxygens (including phenoxy) is 1. The first-order valence-corrected chi connectivity index (χ1v) is 8.34. The Bertz CT molecular complexity index is 802. The summed E-state index contributed by atoms with van der Waals surface area (Å²) in [5.41, 5.74) is 2.10. The Morgan fingerprint density at radius 2 is 1.79 bits per heavy atom. The van der Waals surface area contributed by atoms with Crippen LogP contribution >= 0.6 is 15.9 Å². The smallest absolute Gasteiger partial charge is 0.247 e. The number of halogens is 1. The van der Waals surface area contributed by atoms with Crippen molar-refractivity contribution in [3.05, 3.63) is 64.5 Å². The van der Waals surface area contributed by atoms with E-state index in [4.69, 9.17) is 9.15 Å². The lowest BCUT2D eigenvalue weighted by Crippen LogP contribution is -2.17. The fourth-order valence-electron chi connectivity index (χ4n) is 2.37. The van der Waals surface area contributed by atoms with Crippen LogP contribution in [0.1, 0.15) is 11.5 Å². The van der Waals surface area contributed by atoms with Crippen LogP contribution in [0.2, 0.25) is 0 Å². The molecule has 1 aromatic heterocycles. The Balaban J connectivity index is 1.66. The van der Waals surface area contributed by atoms with E-state index in [9.17, 15) is 0 Å². The van der Waals surface area contributed by atoms with Crippen molar-refractivity contribution in [1.82, 2.24) is 15.1 Å². The Morgan fingerprint density at radius 1 is 1.04 bits per heavy atom. The molecule has 5 nitrogen and oxygen atoms in total. The number of aromatic nitrogens is 2. The first kappa shape index (κ1) is 16.7. The zero-order valence-corrected chi connectivity index (χ0v) is 15.2. The van der Waals surface area contributed by atoms with Gasteiger partial charge >= 0.3 is 0 Å². The Labute approximate surface area is 149 Å². The molecule has 6 heteroatoms. The summed E-state index contributed by atoms with van der Waals surface area (Å²) < 4.78 is 12.0. The number of rotatable bonds is 6. The van der Waals surface area contributed by atoms with Crippen molar-refractivity contribution < 1.29 is 9.15 Å². The van der Waals surface area contributed by atoms with Crippen LogP contribution in [0.3, 0.4) is 0 Å². The second-order valence-electron chi connectivity index (χ2n) is 5.49. The van der Waals surface area contributed by atoms with Crippen molar-refractivity contribution in [3.63, 3.8) is 0 Å². The standard InChI is InChI=1S/C18H18BrN3O2/c1-22(11-14-5-3-4-6-16(14)19)12-17-20-21-18(24-17)13-7-9-15(23-2)10-8-13/h3-10H,11-12H2,1-2H3. The highest BCUT2D eigenvalue weighted by Gasteiger charge is 2.12. The Morgan fingerprint density at radius 3 is 2.50 bits per heavy atom. The number of hydrogen-bond donors (Lipinski definition) is 0. The fraction of sp³-hybridized carbons (Fsp3) is 0.222. The molecule has 0 bridgehead atoms. The second-order valence-corrected chi connectivity index (χ2v) is 6.35. The molecule has 0 aliphatic carbocycles. The summed E-state index contributed by atoms with van der Waals surface area (Å²) in [6.07, 6.45) is 0. The number of benzene rings is 2. The predicted molar refractivity (Wildman–Crippen MR) is 95.6 cm³/mol. The van der Waals surface area contributed by atoms with Gasteiger partial charge in [-0.1, -0.05) is 34.1 Å². The molecule has 0 amide bonds. The van der Waals surface area contributed by atoms with E-state index in [0.29, 0.717) is 18.3 Å². The summed E-state index contributed by atoms with van der Waals surface area (Å²) in [7, 11) is 3.66. The Kier molecular flexibility index (Phi) is 5.27. The van der Waals surface area contributed by atoms with Crippen molar-refractivity contribution in [1.29, 1.82) is 0 Å². The first-order valence-electron chi connectivity index (χ1n) is 7.54. The Hall–Kier alpha value is -2.18. The van der Waals surface area contributed by atoms with Crippen LogP contribution in [-0.2, 0) is 13.1 Å². The van der Waals surface area contributed by atoms with Crippen LogP contribution in [0.25, 0.3) is 11.5 Å². The number of hydrogen-bond acceptors (Lipinski definition) is 5. The molecule has 0 aliphatic heterocycles.